The quantitative estimate of drug-likeness (QED) is 0.00793. The van der Waals surface area contributed by atoms with Gasteiger partial charge in [0.2, 0.25) is 10.4 Å². The molecule has 5 rings (SSSR count). The van der Waals surface area contributed by atoms with Crippen LogP contribution in [0.1, 0.15) is 0 Å². The van der Waals surface area contributed by atoms with Gasteiger partial charge in [0.25, 0.3) is 0 Å². The SMILES string of the molecule is Nc1c(N=Nc2ccc(S(=O)(=O)CCOS(=O)(=O)[O-])cc2)c(S(=O)(=O)[O-])cc2cc(SOO[O-])c(N=Nc3ccc4cc(S(=O)(=O)CCOSOO[O-])ccc4c3S(=O)(=O)[O-])c(O)c12.[Na+].[Na+].[Na+].[Na+].[Na+]. The van der Waals surface area contributed by atoms with Gasteiger partial charge in [-0.05, 0) is 65.4 Å². The number of hydrogen-bond acceptors (Lipinski definition) is 29. The molecule has 5 aromatic rings. The zero-order chi connectivity index (χ0) is 47.3. The van der Waals surface area contributed by atoms with Gasteiger partial charge in [-0.15, -0.1) is 19.7 Å². The Morgan fingerprint density at radius 3 is 1.78 bits per heavy atom. The minimum atomic E-state index is -5.47. The van der Waals surface area contributed by atoms with Crippen LogP contribution in [0.4, 0.5) is 28.4 Å². The summed E-state index contributed by atoms with van der Waals surface area (Å²) in [6, 6.07) is 10.8. The molecule has 0 atom stereocenters. The fourth-order valence-corrected chi connectivity index (χ4v) is 10.3. The molecule has 346 valence electrons. The third-order valence-corrected chi connectivity index (χ3v) is 14.7. The van der Waals surface area contributed by atoms with Crippen molar-refractivity contribution in [3.63, 3.8) is 0 Å². The van der Waals surface area contributed by atoms with Crippen molar-refractivity contribution in [3.05, 3.63) is 66.7 Å². The maximum absolute atomic E-state index is 12.8. The Hall–Kier alpha value is 0.430. The summed E-state index contributed by atoms with van der Waals surface area (Å²) in [5.74, 6) is -2.55. The van der Waals surface area contributed by atoms with E-state index in [-0.39, 0.29) is 204 Å². The molecule has 0 aliphatic heterocycles. The van der Waals surface area contributed by atoms with Crippen LogP contribution >= 0.6 is 24.4 Å². The van der Waals surface area contributed by atoms with E-state index in [2.05, 4.69) is 43.4 Å². The summed E-state index contributed by atoms with van der Waals surface area (Å²) >= 11 is 0.121. The first-order valence-electron chi connectivity index (χ1n) is 16.4. The third-order valence-electron chi connectivity index (χ3n) is 8.10. The number of benzene rings is 5. The normalized spacial score (nSPS) is 12.2. The van der Waals surface area contributed by atoms with Crippen molar-refractivity contribution in [3.8, 4) is 5.75 Å². The van der Waals surface area contributed by atoms with Crippen LogP contribution in [0.15, 0.2) is 112 Å². The standard InChI is InChI=1S/C30H27N5O22S7.5Na/c31-26-25-17(15-24(62(43,44)45)28(26)35-32-18-2-4-19(5-3-18)60(39,40)12-10-53-64(49,50)51)14-23(58-56-54-37)27(29(25)36)34-33-22-8-1-16-13-20(6-7-21(16)30(22)63(46,47)48)61(41,42)11-9-52-59-57-55-38;;;;;/h1-8,13-15,36-38H,9-12,31H2,(H,43,44,45)(H,46,47,48)(H,49,50,51);;;;;/q;5*+1/p-5. The number of nitrogens with two attached hydrogens (primary N) is 1. The Morgan fingerprint density at radius 1 is 0.623 bits per heavy atom. The number of sulfone groups is 2. The van der Waals surface area contributed by atoms with Gasteiger partial charge in [-0.3, -0.25) is 18.4 Å². The topological polar surface area (TPSA) is 437 Å². The first-order chi connectivity index (χ1) is 29.9. The number of phenolic OH excluding ortho intramolecular Hbond substituents is 1. The van der Waals surface area contributed by atoms with Gasteiger partial charge in [0.1, 0.15) is 37.3 Å². The van der Waals surface area contributed by atoms with Crippen molar-refractivity contribution in [1.29, 1.82) is 0 Å². The summed E-state index contributed by atoms with van der Waals surface area (Å²) in [6.07, 6.45) is 0. The number of aromatic hydroxyl groups is 1. The second-order valence-corrected chi connectivity index (χ2v) is 21.2. The minimum Gasteiger partial charge on any atom is -0.744 e. The number of phenols is 1. The fraction of sp³-hybridized carbons (Fsp3) is 0.133. The maximum atomic E-state index is 12.8. The van der Waals surface area contributed by atoms with E-state index in [0.29, 0.717) is 6.07 Å². The van der Waals surface area contributed by atoms with Crippen molar-refractivity contribution in [2.75, 3.05) is 30.5 Å². The molecule has 0 saturated heterocycles. The second-order valence-electron chi connectivity index (χ2n) is 12.0. The minimum absolute atomic E-state index is 0. The van der Waals surface area contributed by atoms with E-state index in [1.807, 2.05) is 0 Å². The molecule has 3 N–H and O–H groups in total. The molecular weight excluding hydrogens is 1120 g/mol. The van der Waals surface area contributed by atoms with E-state index in [0.717, 1.165) is 54.6 Å². The number of rotatable bonds is 21. The Kier molecular flexibility index (Phi) is 29.8. The molecule has 0 bridgehead atoms. The summed E-state index contributed by atoms with van der Waals surface area (Å²) in [6.45, 7) is -1.46. The summed E-state index contributed by atoms with van der Waals surface area (Å²) in [5.41, 5.74) is 3.10. The Morgan fingerprint density at radius 2 is 1.20 bits per heavy atom. The zero-order valence-corrected chi connectivity index (χ0v) is 51.6. The van der Waals surface area contributed by atoms with Gasteiger partial charge in [0.15, 0.2) is 37.7 Å². The molecule has 0 fully saturated rings. The van der Waals surface area contributed by atoms with Gasteiger partial charge in [0, 0.05) is 5.39 Å². The van der Waals surface area contributed by atoms with Crippen LogP contribution < -0.4 is 164 Å². The number of hydrogen-bond donors (Lipinski definition) is 2. The summed E-state index contributed by atoms with van der Waals surface area (Å²) in [5, 5.41) is 52.4. The monoisotopic (exact) mass is 1140 g/mol. The van der Waals surface area contributed by atoms with Crippen molar-refractivity contribution in [1.82, 2.24) is 0 Å². The first-order valence-corrected chi connectivity index (χ1v) is 25.2. The van der Waals surface area contributed by atoms with Gasteiger partial charge < -0.3 is 35.0 Å². The van der Waals surface area contributed by atoms with Gasteiger partial charge in [-0.2, -0.15) is 9.45 Å². The van der Waals surface area contributed by atoms with Crippen molar-refractivity contribution >= 4 is 125 Å². The van der Waals surface area contributed by atoms with E-state index in [1.54, 1.807) is 0 Å². The molecule has 0 unspecified atom stereocenters. The summed E-state index contributed by atoms with van der Waals surface area (Å²) in [7, 11) is -24.4. The molecule has 0 amide bonds. The summed E-state index contributed by atoms with van der Waals surface area (Å²) < 4.78 is 174. The van der Waals surface area contributed by atoms with Crippen molar-refractivity contribution < 1.29 is 246 Å². The van der Waals surface area contributed by atoms with Crippen LogP contribution in [0.25, 0.3) is 21.5 Å². The van der Waals surface area contributed by atoms with Gasteiger partial charge in [-0.25, -0.2) is 42.1 Å². The van der Waals surface area contributed by atoms with E-state index in [4.69, 9.17) is 9.92 Å². The second kappa shape index (κ2) is 29.7. The van der Waals surface area contributed by atoms with E-state index in [1.165, 1.54) is 6.07 Å². The van der Waals surface area contributed by atoms with Crippen LogP contribution in [-0.2, 0) is 77.4 Å². The zero-order valence-electron chi connectivity index (χ0n) is 35.9. The molecule has 39 heteroatoms. The number of fused-ring (bicyclic) bond motifs is 2. The predicted molar refractivity (Wildman–Crippen MR) is 208 cm³/mol. The number of nitrogen functional groups attached to an aromatic ring is 1. The van der Waals surface area contributed by atoms with Crippen molar-refractivity contribution in [2.24, 2.45) is 20.5 Å². The van der Waals surface area contributed by atoms with Crippen LogP contribution in [0, 0.1) is 0 Å². The van der Waals surface area contributed by atoms with E-state index >= 15 is 0 Å². The van der Waals surface area contributed by atoms with Crippen molar-refractivity contribution in [2.45, 2.75) is 24.5 Å². The molecule has 0 aliphatic carbocycles. The van der Waals surface area contributed by atoms with E-state index < -0.39 is 124 Å². The first kappa shape index (κ1) is 69.4. The molecule has 0 aliphatic rings. The van der Waals surface area contributed by atoms with Gasteiger partial charge in [-0.1, -0.05) is 12.1 Å². The Labute approximate surface area is 511 Å². The van der Waals surface area contributed by atoms with Gasteiger partial charge in [0.05, 0.1) is 78.0 Å². The summed E-state index contributed by atoms with van der Waals surface area (Å²) in [4.78, 5) is -3.26. The van der Waals surface area contributed by atoms with Gasteiger partial charge >= 0.3 is 148 Å². The van der Waals surface area contributed by atoms with Crippen LogP contribution in [-0.4, -0.2) is 85.6 Å². The number of nitrogens with zero attached hydrogens (tertiary/aromatic N) is 4. The van der Waals surface area contributed by atoms with Crippen LogP contribution in [0.3, 0.4) is 0 Å². The average molecular weight is 1140 g/mol. The Balaban J connectivity index is 0.00000925. The molecule has 0 radical (unpaired) electrons. The molecule has 27 nitrogen and oxygen atoms in total. The molecule has 0 aromatic heterocycles. The van der Waals surface area contributed by atoms with Crippen LogP contribution in [0.5, 0.6) is 5.75 Å². The molecule has 5 aromatic carbocycles. The predicted octanol–water partition coefficient (Wildman–Crippen LogP) is -13.0. The largest absolute Gasteiger partial charge is 1.00 e. The van der Waals surface area contributed by atoms with E-state index in [9.17, 15) is 71.4 Å². The maximum Gasteiger partial charge on any atom is 1.00 e. The molecular formula is C30H22N5Na5O22S7. The average Bonchev–Trinajstić information content (AvgIpc) is 3.20. The smallest absolute Gasteiger partial charge is 0.744 e. The van der Waals surface area contributed by atoms with Crippen LogP contribution in [0.2, 0.25) is 0 Å². The fourth-order valence-electron chi connectivity index (χ4n) is 5.44. The molecule has 0 heterocycles. The molecule has 0 saturated carbocycles. The molecule has 0 spiro atoms. The number of anilines is 1. The Bertz CT molecular complexity index is 3250. The third kappa shape index (κ3) is 18.9. The number of azo groups is 2. The molecule has 69 heavy (non-hydrogen) atoms.